The quantitative estimate of drug-likeness (QED) is 0.822. The van der Waals surface area contributed by atoms with Crippen molar-refractivity contribution in [2.24, 2.45) is 11.1 Å². The van der Waals surface area contributed by atoms with Crippen LogP contribution in [0.3, 0.4) is 0 Å². The summed E-state index contributed by atoms with van der Waals surface area (Å²) in [7, 11) is 0. The second kappa shape index (κ2) is 4.33. The molecule has 78 valence electrons. The highest BCUT2D eigenvalue weighted by molar-refractivity contribution is 9.13. The van der Waals surface area contributed by atoms with Crippen molar-refractivity contribution >= 4 is 31.9 Å². The van der Waals surface area contributed by atoms with Crippen LogP contribution in [0.15, 0.2) is 27.1 Å². The Hall–Kier alpha value is 0.140. The molecule has 0 radical (unpaired) electrons. The van der Waals surface area contributed by atoms with Gasteiger partial charge in [-0.1, -0.05) is 32.9 Å². The predicted molar refractivity (Wildman–Crippen MR) is 68.2 cm³/mol. The van der Waals surface area contributed by atoms with E-state index in [9.17, 15) is 0 Å². The maximum atomic E-state index is 6.19. The first-order chi connectivity index (χ1) is 6.34. The molecular formula is C11H15Br2N. The number of benzene rings is 1. The Bertz CT molecular complexity index is 329. The largest absolute Gasteiger partial charge is 0.323 e. The van der Waals surface area contributed by atoms with Gasteiger partial charge in [-0.2, -0.15) is 0 Å². The molecule has 1 aromatic carbocycles. The van der Waals surface area contributed by atoms with Gasteiger partial charge in [-0.15, -0.1) is 0 Å². The van der Waals surface area contributed by atoms with Gasteiger partial charge in [0, 0.05) is 15.0 Å². The average Bonchev–Trinajstić information content (AvgIpc) is 2.07. The second-order valence-corrected chi connectivity index (χ2v) is 6.13. The zero-order valence-corrected chi connectivity index (χ0v) is 11.8. The summed E-state index contributed by atoms with van der Waals surface area (Å²) >= 11 is 7.03. The van der Waals surface area contributed by atoms with Crippen LogP contribution in [0.1, 0.15) is 32.4 Å². The van der Waals surface area contributed by atoms with Crippen molar-refractivity contribution in [3.63, 3.8) is 0 Å². The lowest BCUT2D eigenvalue weighted by Gasteiger charge is -2.28. The van der Waals surface area contributed by atoms with E-state index in [2.05, 4.69) is 58.7 Å². The maximum absolute atomic E-state index is 6.19. The van der Waals surface area contributed by atoms with Gasteiger partial charge in [-0.05, 0) is 48.9 Å². The van der Waals surface area contributed by atoms with Gasteiger partial charge < -0.3 is 5.73 Å². The smallest absolute Gasteiger partial charge is 0.0365 e. The lowest BCUT2D eigenvalue weighted by Crippen LogP contribution is -2.26. The van der Waals surface area contributed by atoms with E-state index in [1.807, 2.05) is 12.1 Å². The molecule has 0 saturated carbocycles. The maximum Gasteiger partial charge on any atom is 0.0365 e. The van der Waals surface area contributed by atoms with Crippen molar-refractivity contribution in [2.45, 2.75) is 26.8 Å². The molecule has 2 N–H and O–H groups in total. The second-order valence-electron chi connectivity index (χ2n) is 4.49. The highest BCUT2D eigenvalue weighted by Gasteiger charge is 2.24. The molecule has 0 aliphatic carbocycles. The van der Waals surface area contributed by atoms with E-state index in [0.717, 1.165) is 14.5 Å². The summed E-state index contributed by atoms with van der Waals surface area (Å²) in [5.74, 6) is 0. The summed E-state index contributed by atoms with van der Waals surface area (Å²) in [6.45, 7) is 6.43. The van der Waals surface area contributed by atoms with E-state index < -0.39 is 0 Å². The van der Waals surface area contributed by atoms with Crippen LogP contribution in [0.4, 0.5) is 0 Å². The molecule has 0 unspecified atom stereocenters. The lowest BCUT2D eigenvalue weighted by molar-refractivity contribution is 0.326. The van der Waals surface area contributed by atoms with Gasteiger partial charge in [0.05, 0.1) is 0 Å². The molecule has 0 heterocycles. The zero-order chi connectivity index (χ0) is 10.9. The Kier molecular flexibility index (Phi) is 3.78. The molecule has 14 heavy (non-hydrogen) atoms. The van der Waals surface area contributed by atoms with E-state index in [1.54, 1.807) is 0 Å². The van der Waals surface area contributed by atoms with Gasteiger partial charge in [0.25, 0.3) is 0 Å². The highest BCUT2D eigenvalue weighted by Crippen LogP contribution is 2.37. The van der Waals surface area contributed by atoms with Crippen molar-refractivity contribution < 1.29 is 0 Å². The van der Waals surface area contributed by atoms with Crippen LogP contribution in [0.25, 0.3) is 0 Å². The number of nitrogens with two attached hydrogens (primary N) is 1. The minimum atomic E-state index is 0.0365. The third-order valence-corrected chi connectivity index (χ3v) is 4.33. The fraction of sp³-hybridized carbons (Fsp3) is 0.455. The van der Waals surface area contributed by atoms with Crippen LogP contribution in [-0.4, -0.2) is 0 Å². The Morgan fingerprint density at radius 2 is 1.79 bits per heavy atom. The third kappa shape index (κ3) is 2.59. The summed E-state index contributed by atoms with van der Waals surface area (Å²) < 4.78 is 2.11. The zero-order valence-electron chi connectivity index (χ0n) is 8.64. The predicted octanol–water partition coefficient (Wildman–Crippen LogP) is 4.26. The Morgan fingerprint density at radius 1 is 1.21 bits per heavy atom. The van der Waals surface area contributed by atoms with Crippen molar-refractivity contribution in [3.8, 4) is 0 Å². The molecule has 0 aliphatic heterocycles. The van der Waals surface area contributed by atoms with Gasteiger partial charge in [0.2, 0.25) is 0 Å². The first kappa shape index (κ1) is 12.2. The minimum Gasteiger partial charge on any atom is -0.323 e. The Labute approximate surface area is 102 Å². The Morgan fingerprint density at radius 3 is 2.29 bits per heavy atom. The van der Waals surface area contributed by atoms with E-state index >= 15 is 0 Å². The molecular weight excluding hydrogens is 306 g/mol. The van der Waals surface area contributed by atoms with Crippen molar-refractivity contribution in [1.82, 2.24) is 0 Å². The molecule has 1 atom stereocenters. The average molecular weight is 321 g/mol. The highest BCUT2D eigenvalue weighted by atomic mass is 79.9. The molecule has 0 aliphatic rings. The van der Waals surface area contributed by atoms with Gasteiger partial charge in [-0.25, -0.2) is 0 Å². The first-order valence-electron chi connectivity index (χ1n) is 4.53. The summed E-state index contributed by atoms with van der Waals surface area (Å²) in [5.41, 5.74) is 7.41. The van der Waals surface area contributed by atoms with Gasteiger partial charge in [-0.3, -0.25) is 0 Å². The van der Waals surface area contributed by atoms with E-state index in [4.69, 9.17) is 5.73 Å². The van der Waals surface area contributed by atoms with E-state index in [-0.39, 0.29) is 11.5 Å². The fourth-order valence-corrected chi connectivity index (χ4v) is 2.12. The van der Waals surface area contributed by atoms with Crippen LogP contribution in [0.2, 0.25) is 0 Å². The lowest BCUT2D eigenvalue weighted by atomic mass is 9.83. The molecule has 0 bridgehead atoms. The molecule has 3 heteroatoms. The summed E-state index contributed by atoms with van der Waals surface area (Å²) in [4.78, 5) is 0. The fourth-order valence-electron chi connectivity index (χ4n) is 1.23. The molecule has 0 spiro atoms. The van der Waals surface area contributed by atoms with Crippen LogP contribution in [-0.2, 0) is 0 Å². The Balaban J connectivity index is 3.14. The van der Waals surface area contributed by atoms with E-state index in [0.29, 0.717) is 0 Å². The van der Waals surface area contributed by atoms with Crippen molar-refractivity contribution in [3.05, 3.63) is 32.7 Å². The SMILES string of the molecule is CC(C)(C)[C@H](N)c1cccc(Br)c1Br. The normalized spacial score (nSPS) is 14.1. The number of hydrogen-bond acceptors (Lipinski definition) is 1. The monoisotopic (exact) mass is 319 g/mol. The molecule has 1 rings (SSSR count). The standard InChI is InChI=1S/C11H15Br2N/c1-11(2,3)10(14)7-5-4-6-8(12)9(7)13/h4-6,10H,14H2,1-3H3/t10-/m1/s1. The van der Waals surface area contributed by atoms with Gasteiger partial charge in [0.15, 0.2) is 0 Å². The number of rotatable bonds is 1. The van der Waals surface area contributed by atoms with Gasteiger partial charge >= 0.3 is 0 Å². The molecule has 0 fully saturated rings. The van der Waals surface area contributed by atoms with Crippen molar-refractivity contribution in [1.29, 1.82) is 0 Å². The van der Waals surface area contributed by atoms with E-state index in [1.165, 1.54) is 0 Å². The molecule has 1 aromatic rings. The number of hydrogen-bond donors (Lipinski definition) is 1. The summed E-state index contributed by atoms with van der Waals surface area (Å²) in [6.07, 6.45) is 0. The molecule has 0 saturated heterocycles. The van der Waals surface area contributed by atoms with Crippen LogP contribution in [0, 0.1) is 5.41 Å². The van der Waals surface area contributed by atoms with Crippen molar-refractivity contribution in [2.75, 3.05) is 0 Å². The third-order valence-electron chi connectivity index (χ3n) is 2.25. The first-order valence-corrected chi connectivity index (χ1v) is 6.12. The summed E-state index contributed by atoms with van der Waals surface area (Å²) in [5, 5.41) is 0. The summed E-state index contributed by atoms with van der Waals surface area (Å²) in [6, 6.07) is 6.11. The minimum absolute atomic E-state index is 0.0365. The number of halogens is 2. The molecule has 0 amide bonds. The van der Waals surface area contributed by atoms with Crippen LogP contribution in [0.5, 0.6) is 0 Å². The topological polar surface area (TPSA) is 26.0 Å². The van der Waals surface area contributed by atoms with Crippen LogP contribution >= 0.6 is 31.9 Å². The van der Waals surface area contributed by atoms with Gasteiger partial charge in [0.1, 0.15) is 0 Å². The molecule has 0 aromatic heterocycles. The van der Waals surface area contributed by atoms with Crippen LogP contribution < -0.4 is 5.73 Å². The molecule has 1 nitrogen and oxygen atoms in total.